The summed E-state index contributed by atoms with van der Waals surface area (Å²) in [6.07, 6.45) is 1.68. The van der Waals surface area contributed by atoms with Crippen LogP contribution in [0.15, 0.2) is 30.6 Å². The molecule has 0 spiro atoms. The van der Waals surface area contributed by atoms with Crippen molar-refractivity contribution in [1.29, 1.82) is 0 Å². The minimum atomic E-state index is -0.384. The Morgan fingerprint density at radius 3 is 3.06 bits per heavy atom. The Kier molecular flexibility index (Phi) is 1.83. The van der Waals surface area contributed by atoms with E-state index in [0.29, 0.717) is 5.69 Å². The van der Waals surface area contributed by atoms with Gasteiger partial charge in [0.2, 0.25) is 0 Å². The first-order chi connectivity index (χ1) is 7.81. The van der Waals surface area contributed by atoms with Crippen LogP contribution in [-0.2, 0) is 11.3 Å². The molecule has 4 heteroatoms. The summed E-state index contributed by atoms with van der Waals surface area (Å²) in [4.78, 5) is 15.6. The molecule has 0 atom stereocenters. The molecule has 2 aromatic rings. The highest BCUT2D eigenvalue weighted by atomic mass is 16.5. The van der Waals surface area contributed by atoms with Gasteiger partial charge in [0.15, 0.2) is 5.69 Å². The number of nitrogens with zero attached hydrogens (tertiary/aromatic N) is 2. The van der Waals surface area contributed by atoms with Gasteiger partial charge in [0.25, 0.3) is 0 Å². The van der Waals surface area contributed by atoms with Crippen molar-refractivity contribution in [2.24, 2.45) is 0 Å². The number of rotatable bonds is 1. The highest BCUT2D eigenvalue weighted by Gasteiger charge is 2.26. The van der Waals surface area contributed by atoms with E-state index in [9.17, 15) is 4.79 Å². The second-order valence-electron chi connectivity index (χ2n) is 3.72. The number of carbonyl (C=O) groups excluding carboxylic acids is 1. The van der Waals surface area contributed by atoms with E-state index >= 15 is 0 Å². The van der Waals surface area contributed by atoms with Crippen molar-refractivity contribution in [3.05, 3.63) is 41.9 Å². The van der Waals surface area contributed by atoms with Crippen LogP contribution in [0.3, 0.4) is 0 Å². The molecule has 0 saturated heterocycles. The average molecular weight is 214 g/mol. The van der Waals surface area contributed by atoms with Gasteiger partial charge in [-0.3, -0.25) is 0 Å². The summed E-state index contributed by atoms with van der Waals surface area (Å²) < 4.78 is 6.69. The van der Waals surface area contributed by atoms with Crippen molar-refractivity contribution in [3.8, 4) is 11.3 Å². The molecule has 0 fully saturated rings. The standard InChI is InChI=1S/C12H10N2O2/c1-16-12(15)10-11-9-5-3-2-4-8(9)6-14(11)7-13-10/h2-5,7H,6H2,1H3. The summed E-state index contributed by atoms with van der Waals surface area (Å²) in [6, 6.07) is 8.02. The molecule has 4 nitrogen and oxygen atoms in total. The highest BCUT2D eigenvalue weighted by molar-refractivity contribution is 5.95. The summed E-state index contributed by atoms with van der Waals surface area (Å²) in [7, 11) is 1.37. The Hall–Kier alpha value is -2.10. The van der Waals surface area contributed by atoms with E-state index < -0.39 is 0 Å². The van der Waals surface area contributed by atoms with E-state index in [4.69, 9.17) is 4.74 Å². The number of hydrogen-bond donors (Lipinski definition) is 0. The molecule has 0 amide bonds. The van der Waals surface area contributed by atoms with Crippen molar-refractivity contribution in [1.82, 2.24) is 9.55 Å². The van der Waals surface area contributed by atoms with Crippen LogP contribution in [-0.4, -0.2) is 22.6 Å². The molecule has 0 aliphatic carbocycles. The number of benzene rings is 1. The zero-order valence-corrected chi connectivity index (χ0v) is 8.80. The maximum absolute atomic E-state index is 11.5. The van der Waals surface area contributed by atoms with E-state index in [0.717, 1.165) is 17.8 Å². The molecule has 2 heterocycles. The van der Waals surface area contributed by atoms with Crippen LogP contribution in [0.1, 0.15) is 16.1 Å². The predicted octanol–water partition coefficient (Wildman–Crippen LogP) is 1.70. The van der Waals surface area contributed by atoms with E-state index in [1.807, 2.05) is 22.8 Å². The molecule has 1 aliphatic rings. The SMILES string of the molecule is COC(=O)c1ncn2c1-c1ccccc1C2. The quantitative estimate of drug-likeness (QED) is 0.579. The highest BCUT2D eigenvalue weighted by Crippen LogP contribution is 2.33. The molecule has 1 aromatic carbocycles. The van der Waals surface area contributed by atoms with Crippen molar-refractivity contribution >= 4 is 5.97 Å². The molecule has 1 aromatic heterocycles. The van der Waals surface area contributed by atoms with Crippen LogP contribution in [0.4, 0.5) is 0 Å². The molecule has 0 unspecified atom stereocenters. The molecular formula is C12H10N2O2. The molecule has 16 heavy (non-hydrogen) atoms. The normalized spacial score (nSPS) is 12.1. The molecule has 0 N–H and O–H groups in total. The molecule has 3 rings (SSSR count). The third-order valence-electron chi connectivity index (χ3n) is 2.83. The van der Waals surface area contributed by atoms with Crippen molar-refractivity contribution in [2.45, 2.75) is 6.54 Å². The minimum absolute atomic E-state index is 0.384. The summed E-state index contributed by atoms with van der Waals surface area (Å²) >= 11 is 0. The van der Waals surface area contributed by atoms with Crippen LogP contribution in [0, 0.1) is 0 Å². The Bertz CT molecular complexity index is 572. The van der Waals surface area contributed by atoms with Crippen molar-refractivity contribution in [2.75, 3.05) is 7.11 Å². The lowest BCUT2D eigenvalue weighted by Gasteiger charge is -2.00. The lowest BCUT2D eigenvalue weighted by Crippen LogP contribution is -2.03. The zero-order valence-electron chi connectivity index (χ0n) is 8.80. The number of aromatic nitrogens is 2. The van der Waals surface area contributed by atoms with Crippen LogP contribution in [0.5, 0.6) is 0 Å². The van der Waals surface area contributed by atoms with E-state index in [2.05, 4.69) is 11.1 Å². The molecule has 1 aliphatic heterocycles. The lowest BCUT2D eigenvalue weighted by molar-refractivity contribution is 0.0595. The Morgan fingerprint density at radius 1 is 1.44 bits per heavy atom. The zero-order chi connectivity index (χ0) is 11.1. The summed E-state index contributed by atoms with van der Waals surface area (Å²) in [5.41, 5.74) is 3.54. The predicted molar refractivity (Wildman–Crippen MR) is 58.1 cm³/mol. The van der Waals surface area contributed by atoms with Gasteiger partial charge in [-0.25, -0.2) is 9.78 Å². The lowest BCUT2D eigenvalue weighted by atomic mass is 10.1. The fraction of sp³-hybridized carbons (Fsp3) is 0.167. The summed E-state index contributed by atoms with van der Waals surface area (Å²) in [5.74, 6) is -0.384. The first-order valence-corrected chi connectivity index (χ1v) is 5.03. The fourth-order valence-corrected chi connectivity index (χ4v) is 2.10. The molecule has 0 radical (unpaired) electrons. The maximum Gasteiger partial charge on any atom is 0.358 e. The first kappa shape index (κ1) is 9.15. The largest absolute Gasteiger partial charge is 0.464 e. The Labute approximate surface area is 92.5 Å². The Balaban J connectivity index is 2.21. The van der Waals surface area contributed by atoms with E-state index in [-0.39, 0.29) is 5.97 Å². The van der Waals surface area contributed by atoms with E-state index in [1.54, 1.807) is 6.33 Å². The van der Waals surface area contributed by atoms with Gasteiger partial charge in [-0.2, -0.15) is 0 Å². The van der Waals surface area contributed by atoms with Gasteiger partial charge in [0.1, 0.15) is 0 Å². The third-order valence-corrected chi connectivity index (χ3v) is 2.83. The first-order valence-electron chi connectivity index (χ1n) is 5.03. The second kappa shape index (κ2) is 3.20. The van der Waals surface area contributed by atoms with Crippen molar-refractivity contribution < 1.29 is 9.53 Å². The monoisotopic (exact) mass is 214 g/mol. The van der Waals surface area contributed by atoms with Gasteiger partial charge in [-0.15, -0.1) is 0 Å². The van der Waals surface area contributed by atoms with Gasteiger partial charge >= 0.3 is 5.97 Å². The molecule has 80 valence electrons. The van der Waals surface area contributed by atoms with Gasteiger partial charge in [0.05, 0.1) is 19.1 Å². The number of imidazole rings is 1. The third kappa shape index (κ3) is 1.10. The minimum Gasteiger partial charge on any atom is -0.464 e. The topological polar surface area (TPSA) is 44.1 Å². The summed E-state index contributed by atoms with van der Waals surface area (Å²) in [6.45, 7) is 0.773. The molecule has 0 bridgehead atoms. The van der Waals surface area contributed by atoms with Gasteiger partial charge in [-0.05, 0) is 5.56 Å². The van der Waals surface area contributed by atoms with Crippen molar-refractivity contribution in [3.63, 3.8) is 0 Å². The van der Waals surface area contributed by atoms with Crippen LogP contribution >= 0.6 is 0 Å². The van der Waals surface area contributed by atoms with Gasteiger partial charge in [-0.1, -0.05) is 24.3 Å². The van der Waals surface area contributed by atoms with Gasteiger partial charge in [0, 0.05) is 12.1 Å². The average Bonchev–Trinajstić information content (AvgIpc) is 2.86. The summed E-state index contributed by atoms with van der Waals surface area (Å²) in [5, 5.41) is 0. The maximum atomic E-state index is 11.5. The van der Waals surface area contributed by atoms with Crippen LogP contribution in [0.2, 0.25) is 0 Å². The number of carbonyl (C=O) groups is 1. The van der Waals surface area contributed by atoms with Gasteiger partial charge < -0.3 is 9.30 Å². The number of fused-ring (bicyclic) bond motifs is 3. The number of esters is 1. The number of ether oxygens (including phenoxy) is 1. The molecular weight excluding hydrogens is 204 g/mol. The second-order valence-corrected chi connectivity index (χ2v) is 3.72. The van der Waals surface area contributed by atoms with Crippen LogP contribution < -0.4 is 0 Å². The number of methoxy groups -OCH3 is 1. The van der Waals surface area contributed by atoms with Crippen LogP contribution in [0.25, 0.3) is 11.3 Å². The Morgan fingerprint density at radius 2 is 2.25 bits per heavy atom. The fourth-order valence-electron chi connectivity index (χ4n) is 2.10. The number of hydrogen-bond acceptors (Lipinski definition) is 3. The molecule has 0 saturated carbocycles. The smallest absolute Gasteiger partial charge is 0.358 e. The van der Waals surface area contributed by atoms with E-state index in [1.165, 1.54) is 12.7 Å².